The normalized spacial score (nSPS) is 15.5. The van der Waals surface area contributed by atoms with Gasteiger partial charge in [0.15, 0.2) is 0 Å². The maximum absolute atomic E-state index is 11.8. The Morgan fingerprint density at radius 1 is 0.895 bits per heavy atom. The van der Waals surface area contributed by atoms with Crippen LogP contribution in [0.25, 0.3) is 11.8 Å². The molecule has 0 N–H and O–H groups in total. The molecule has 0 bridgehead atoms. The number of aryl methyl sites for hydroxylation is 2. The minimum absolute atomic E-state index is 0.267. The van der Waals surface area contributed by atoms with Crippen LogP contribution in [-0.2, 0) is 4.74 Å². The first kappa shape index (κ1) is 11.7. The Morgan fingerprint density at radius 2 is 1.58 bits per heavy atom. The summed E-state index contributed by atoms with van der Waals surface area (Å²) in [6, 6.07) is 13.9. The molecule has 2 aromatic rings. The van der Waals surface area contributed by atoms with Crippen LogP contribution in [0.3, 0.4) is 0 Å². The van der Waals surface area contributed by atoms with Gasteiger partial charge in [0, 0.05) is 5.56 Å². The van der Waals surface area contributed by atoms with E-state index in [1.165, 1.54) is 5.56 Å². The van der Waals surface area contributed by atoms with Crippen molar-refractivity contribution in [2.24, 2.45) is 0 Å². The lowest BCUT2D eigenvalue weighted by atomic mass is 10.0. The zero-order valence-electron chi connectivity index (χ0n) is 10.9. The number of carbonyl (C=O) groups excluding carboxylic acids is 1. The van der Waals surface area contributed by atoms with Crippen LogP contribution in [-0.4, -0.2) is 5.97 Å². The molecule has 0 aromatic heterocycles. The summed E-state index contributed by atoms with van der Waals surface area (Å²) in [5, 5.41) is 0. The Hall–Kier alpha value is -2.35. The minimum Gasteiger partial charge on any atom is -0.422 e. The minimum atomic E-state index is -0.267. The van der Waals surface area contributed by atoms with Gasteiger partial charge in [-0.15, -0.1) is 0 Å². The lowest BCUT2D eigenvalue weighted by Gasteiger charge is -2.00. The van der Waals surface area contributed by atoms with Gasteiger partial charge in [0.1, 0.15) is 5.76 Å². The number of benzene rings is 2. The van der Waals surface area contributed by atoms with Gasteiger partial charge in [-0.05, 0) is 31.6 Å². The number of fused-ring (bicyclic) bond motifs is 1. The van der Waals surface area contributed by atoms with Crippen molar-refractivity contribution in [3.05, 3.63) is 70.3 Å². The van der Waals surface area contributed by atoms with E-state index < -0.39 is 0 Å². The summed E-state index contributed by atoms with van der Waals surface area (Å²) in [5.41, 5.74) is 4.82. The number of hydrogen-bond acceptors (Lipinski definition) is 2. The third-order valence-electron chi connectivity index (χ3n) is 3.24. The Morgan fingerprint density at radius 3 is 2.32 bits per heavy atom. The molecule has 1 aliphatic heterocycles. The van der Waals surface area contributed by atoms with E-state index in [1.807, 2.05) is 62.4 Å². The number of cyclic esters (lactones) is 1. The molecular weight excluding hydrogens is 236 g/mol. The van der Waals surface area contributed by atoms with Crippen molar-refractivity contribution in [1.29, 1.82) is 0 Å². The average Bonchev–Trinajstić information content (AvgIpc) is 2.69. The maximum atomic E-state index is 11.8. The summed E-state index contributed by atoms with van der Waals surface area (Å²) in [7, 11) is 0. The monoisotopic (exact) mass is 250 g/mol. The second-order valence-electron chi connectivity index (χ2n) is 4.86. The van der Waals surface area contributed by atoms with E-state index in [2.05, 4.69) is 0 Å². The number of esters is 1. The molecule has 0 fully saturated rings. The molecule has 0 amide bonds. The highest BCUT2D eigenvalue weighted by atomic mass is 16.5. The highest BCUT2D eigenvalue weighted by Gasteiger charge is 2.26. The summed E-state index contributed by atoms with van der Waals surface area (Å²) in [5.74, 6) is 0.362. The van der Waals surface area contributed by atoms with E-state index in [1.54, 1.807) is 0 Å². The Kier molecular flexibility index (Phi) is 2.71. The fourth-order valence-corrected chi connectivity index (χ4v) is 2.17. The second kappa shape index (κ2) is 4.39. The van der Waals surface area contributed by atoms with Gasteiger partial charge in [-0.25, -0.2) is 4.79 Å². The highest BCUT2D eigenvalue weighted by molar-refractivity contribution is 6.05. The largest absolute Gasteiger partial charge is 0.422 e. The van der Waals surface area contributed by atoms with Crippen molar-refractivity contribution >= 4 is 17.8 Å². The van der Waals surface area contributed by atoms with Crippen molar-refractivity contribution in [2.75, 3.05) is 0 Å². The Balaban J connectivity index is 2.05. The number of hydrogen-bond donors (Lipinski definition) is 0. The first-order valence-corrected chi connectivity index (χ1v) is 6.25. The van der Waals surface area contributed by atoms with Gasteiger partial charge in [-0.1, -0.05) is 47.5 Å². The van der Waals surface area contributed by atoms with Crippen LogP contribution in [0, 0.1) is 13.8 Å². The second-order valence-corrected chi connectivity index (χ2v) is 4.86. The maximum Gasteiger partial charge on any atom is 0.344 e. The fourth-order valence-electron chi connectivity index (χ4n) is 2.17. The molecule has 2 heteroatoms. The van der Waals surface area contributed by atoms with Gasteiger partial charge < -0.3 is 4.74 Å². The molecule has 0 aliphatic carbocycles. The molecule has 0 unspecified atom stereocenters. The van der Waals surface area contributed by atoms with Gasteiger partial charge in [-0.2, -0.15) is 0 Å². The van der Waals surface area contributed by atoms with Crippen molar-refractivity contribution in [1.82, 2.24) is 0 Å². The quantitative estimate of drug-likeness (QED) is 0.716. The average molecular weight is 250 g/mol. The van der Waals surface area contributed by atoms with Crippen molar-refractivity contribution in [3.63, 3.8) is 0 Å². The topological polar surface area (TPSA) is 26.3 Å². The number of ether oxygens (including phenoxy) is 1. The van der Waals surface area contributed by atoms with Crippen molar-refractivity contribution in [3.8, 4) is 0 Å². The Bertz CT molecular complexity index is 679. The molecule has 0 atom stereocenters. The third-order valence-corrected chi connectivity index (χ3v) is 3.24. The van der Waals surface area contributed by atoms with Crippen molar-refractivity contribution < 1.29 is 9.53 Å². The Labute approximate surface area is 112 Å². The van der Waals surface area contributed by atoms with Crippen LogP contribution in [0.5, 0.6) is 0 Å². The molecule has 0 spiro atoms. The zero-order chi connectivity index (χ0) is 13.4. The molecule has 19 heavy (non-hydrogen) atoms. The summed E-state index contributed by atoms with van der Waals surface area (Å²) in [6.07, 6.45) is 1.90. The van der Waals surface area contributed by atoms with E-state index >= 15 is 0 Å². The molecule has 2 nitrogen and oxygen atoms in total. The van der Waals surface area contributed by atoms with Crippen LogP contribution < -0.4 is 0 Å². The van der Waals surface area contributed by atoms with Crippen LogP contribution in [0.15, 0.2) is 42.5 Å². The fraction of sp³-hybridized carbons (Fsp3) is 0.118. The lowest BCUT2D eigenvalue weighted by molar-refractivity contribution is 0.0717. The van der Waals surface area contributed by atoms with E-state index in [9.17, 15) is 4.79 Å². The van der Waals surface area contributed by atoms with Gasteiger partial charge in [0.2, 0.25) is 0 Å². The van der Waals surface area contributed by atoms with E-state index in [-0.39, 0.29) is 5.97 Å². The van der Waals surface area contributed by atoms with E-state index in [0.717, 1.165) is 16.7 Å². The van der Waals surface area contributed by atoms with E-state index in [0.29, 0.717) is 11.3 Å². The van der Waals surface area contributed by atoms with Crippen LogP contribution in [0.2, 0.25) is 0 Å². The van der Waals surface area contributed by atoms with Crippen LogP contribution in [0.1, 0.15) is 32.6 Å². The van der Waals surface area contributed by atoms with Crippen LogP contribution in [0.4, 0.5) is 0 Å². The van der Waals surface area contributed by atoms with Gasteiger partial charge in [0.05, 0.1) is 5.56 Å². The van der Waals surface area contributed by atoms with Crippen molar-refractivity contribution in [2.45, 2.75) is 13.8 Å². The summed E-state index contributed by atoms with van der Waals surface area (Å²) in [4.78, 5) is 11.8. The number of carbonyl (C=O) groups is 1. The summed E-state index contributed by atoms with van der Waals surface area (Å²) >= 11 is 0. The molecule has 0 radical (unpaired) electrons. The molecule has 0 saturated carbocycles. The molecule has 1 aliphatic rings. The molecular formula is C17H14O2. The van der Waals surface area contributed by atoms with Gasteiger partial charge >= 0.3 is 5.97 Å². The predicted octanol–water partition coefficient (Wildman–Crippen LogP) is 3.97. The zero-order valence-corrected chi connectivity index (χ0v) is 10.9. The number of rotatable bonds is 1. The molecule has 0 saturated heterocycles. The molecule has 1 heterocycles. The standard InChI is InChI=1S/C17H14O2/c1-11-3-6-13(7-4-11)10-16-14-8-5-12(2)9-15(14)17(18)19-16/h3-10H,1-2H3/b16-10-. The highest BCUT2D eigenvalue weighted by Crippen LogP contribution is 2.31. The van der Waals surface area contributed by atoms with E-state index in [4.69, 9.17) is 4.74 Å². The summed E-state index contributed by atoms with van der Waals surface area (Å²) in [6.45, 7) is 4.01. The van der Waals surface area contributed by atoms with Gasteiger partial charge in [0.25, 0.3) is 0 Å². The molecule has 2 aromatic carbocycles. The molecule has 94 valence electrons. The lowest BCUT2D eigenvalue weighted by Crippen LogP contribution is -1.93. The SMILES string of the molecule is Cc1ccc(/C=C2\OC(=O)c3cc(C)ccc32)cc1. The molecule has 3 rings (SSSR count). The predicted molar refractivity (Wildman–Crippen MR) is 75.6 cm³/mol. The first-order valence-electron chi connectivity index (χ1n) is 6.25. The first-order chi connectivity index (χ1) is 9.13. The summed E-state index contributed by atoms with van der Waals surface area (Å²) < 4.78 is 5.34. The smallest absolute Gasteiger partial charge is 0.344 e. The third kappa shape index (κ3) is 2.17. The van der Waals surface area contributed by atoms with Gasteiger partial charge in [-0.3, -0.25) is 0 Å². The van der Waals surface area contributed by atoms with Crippen LogP contribution >= 0.6 is 0 Å².